The second kappa shape index (κ2) is 8.45. The van der Waals surface area contributed by atoms with Crippen LogP contribution in [0.5, 0.6) is 0 Å². The van der Waals surface area contributed by atoms with E-state index in [1.165, 1.54) is 5.56 Å². The van der Waals surface area contributed by atoms with Crippen LogP contribution in [0.25, 0.3) is 10.9 Å². The largest absolute Gasteiger partial charge is 0.379 e. The molecule has 3 N–H and O–H groups in total. The number of aromatic nitrogens is 3. The Morgan fingerprint density at radius 2 is 2.03 bits per heavy atom. The van der Waals surface area contributed by atoms with Gasteiger partial charge in [-0.1, -0.05) is 6.07 Å². The van der Waals surface area contributed by atoms with Gasteiger partial charge in [0.15, 0.2) is 0 Å². The number of benzene rings is 1. The Kier molecular flexibility index (Phi) is 5.90. The summed E-state index contributed by atoms with van der Waals surface area (Å²) in [5, 5.41) is 14.9. The fraction of sp³-hybridized carbons (Fsp3) is 0.429. The summed E-state index contributed by atoms with van der Waals surface area (Å²) in [6.07, 6.45) is 1.95. The summed E-state index contributed by atoms with van der Waals surface area (Å²) in [6.45, 7) is 3.62. The predicted octanol–water partition coefficient (Wildman–Crippen LogP) is 3.36. The molecule has 9 heteroatoms. The van der Waals surface area contributed by atoms with E-state index in [9.17, 15) is 8.78 Å². The van der Waals surface area contributed by atoms with Crippen molar-refractivity contribution in [1.82, 2.24) is 25.4 Å². The standard InChI is InChI=1S/C21H24F2N6.ClH/c1-12-6-16-15(3-5-18-17(16)10-26-28-18)21(29(12)11-20(22)23)19-4-2-13(9-25-19)27-14-7-24-8-14;/h2-5,9-10,12,14,20-21,24,27H,6-8,11H2,1H3,(H,26,28);1H/t12-,21+;/m1./s1. The number of fused-ring (bicyclic) bond motifs is 3. The zero-order valence-corrected chi connectivity index (χ0v) is 17.4. The smallest absolute Gasteiger partial charge is 0.251 e. The quantitative estimate of drug-likeness (QED) is 0.574. The number of halogens is 3. The van der Waals surface area contributed by atoms with Crippen LogP contribution in [0.1, 0.15) is 29.8 Å². The molecule has 2 aliphatic heterocycles. The van der Waals surface area contributed by atoms with Crippen molar-refractivity contribution in [3.8, 4) is 0 Å². The van der Waals surface area contributed by atoms with Crippen molar-refractivity contribution in [3.63, 3.8) is 0 Å². The Morgan fingerprint density at radius 1 is 1.20 bits per heavy atom. The van der Waals surface area contributed by atoms with Crippen LogP contribution in [-0.2, 0) is 6.42 Å². The Morgan fingerprint density at radius 3 is 2.70 bits per heavy atom. The van der Waals surface area contributed by atoms with Gasteiger partial charge in [0.2, 0.25) is 0 Å². The van der Waals surface area contributed by atoms with E-state index in [-0.39, 0.29) is 31.0 Å². The highest BCUT2D eigenvalue weighted by Crippen LogP contribution is 2.40. The zero-order chi connectivity index (χ0) is 20.0. The highest BCUT2D eigenvalue weighted by Gasteiger charge is 2.36. The second-order valence-electron chi connectivity index (χ2n) is 7.98. The maximum Gasteiger partial charge on any atom is 0.251 e. The summed E-state index contributed by atoms with van der Waals surface area (Å²) >= 11 is 0. The van der Waals surface area contributed by atoms with Crippen LogP contribution < -0.4 is 10.6 Å². The van der Waals surface area contributed by atoms with Gasteiger partial charge < -0.3 is 10.6 Å². The number of aromatic amines is 1. The van der Waals surface area contributed by atoms with Gasteiger partial charge >= 0.3 is 0 Å². The monoisotopic (exact) mass is 434 g/mol. The van der Waals surface area contributed by atoms with Gasteiger partial charge in [0, 0.05) is 24.5 Å². The molecule has 30 heavy (non-hydrogen) atoms. The molecule has 1 fully saturated rings. The molecule has 3 aromatic rings. The minimum atomic E-state index is -2.40. The number of anilines is 1. The maximum atomic E-state index is 13.4. The number of pyridine rings is 1. The van der Waals surface area contributed by atoms with Crippen LogP contribution in [0.3, 0.4) is 0 Å². The lowest BCUT2D eigenvalue weighted by Gasteiger charge is -2.41. The van der Waals surface area contributed by atoms with Gasteiger partial charge in [-0.05, 0) is 42.7 Å². The zero-order valence-electron chi connectivity index (χ0n) is 16.6. The molecule has 160 valence electrons. The molecule has 1 aromatic carbocycles. The van der Waals surface area contributed by atoms with E-state index in [2.05, 4.69) is 25.8 Å². The highest BCUT2D eigenvalue weighted by molar-refractivity contribution is 5.85. The Balaban J connectivity index is 0.00000218. The van der Waals surface area contributed by atoms with Gasteiger partial charge in [-0.2, -0.15) is 5.10 Å². The van der Waals surface area contributed by atoms with Crippen molar-refractivity contribution >= 4 is 29.0 Å². The molecule has 4 heterocycles. The van der Waals surface area contributed by atoms with Crippen molar-refractivity contribution in [3.05, 3.63) is 53.5 Å². The van der Waals surface area contributed by atoms with E-state index < -0.39 is 6.43 Å². The summed E-state index contributed by atoms with van der Waals surface area (Å²) in [4.78, 5) is 6.56. The molecule has 0 bridgehead atoms. The van der Waals surface area contributed by atoms with E-state index in [0.29, 0.717) is 12.5 Å². The van der Waals surface area contributed by atoms with Crippen LogP contribution in [0.2, 0.25) is 0 Å². The van der Waals surface area contributed by atoms with Crippen molar-refractivity contribution < 1.29 is 8.78 Å². The first kappa shape index (κ1) is 21.0. The molecular weight excluding hydrogens is 410 g/mol. The first-order chi connectivity index (χ1) is 14.1. The molecule has 6 nitrogen and oxygen atoms in total. The molecule has 0 radical (unpaired) electrons. The lowest BCUT2D eigenvalue weighted by molar-refractivity contribution is 0.0456. The summed E-state index contributed by atoms with van der Waals surface area (Å²) in [7, 11) is 0. The molecule has 5 rings (SSSR count). The second-order valence-corrected chi connectivity index (χ2v) is 7.98. The minimum absolute atomic E-state index is 0. The molecule has 0 spiro atoms. The summed E-state index contributed by atoms with van der Waals surface area (Å²) in [5.74, 6) is 0. The predicted molar refractivity (Wildman–Crippen MR) is 116 cm³/mol. The maximum absolute atomic E-state index is 13.4. The van der Waals surface area contributed by atoms with Crippen LogP contribution in [0.15, 0.2) is 36.7 Å². The summed E-state index contributed by atoms with van der Waals surface area (Å²) < 4.78 is 26.8. The van der Waals surface area contributed by atoms with Crippen LogP contribution in [0.4, 0.5) is 14.5 Å². The topological polar surface area (TPSA) is 68.9 Å². The highest BCUT2D eigenvalue weighted by atomic mass is 35.5. The molecule has 0 unspecified atom stereocenters. The van der Waals surface area contributed by atoms with E-state index in [4.69, 9.17) is 0 Å². The lowest BCUT2D eigenvalue weighted by atomic mass is 9.85. The average molecular weight is 435 g/mol. The summed E-state index contributed by atoms with van der Waals surface area (Å²) in [5.41, 5.74) is 4.92. The van der Waals surface area contributed by atoms with Crippen molar-refractivity contribution in [2.75, 3.05) is 25.0 Å². The van der Waals surface area contributed by atoms with Gasteiger partial charge in [0.25, 0.3) is 6.43 Å². The van der Waals surface area contributed by atoms with Gasteiger partial charge in [-0.3, -0.25) is 15.0 Å². The number of hydrogen-bond donors (Lipinski definition) is 3. The Bertz CT molecular complexity index is 1000. The van der Waals surface area contributed by atoms with Gasteiger partial charge in [-0.25, -0.2) is 8.78 Å². The lowest BCUT2D eigenvalue weighted by Crippen LogP contribution is -2.51. The third-order valence-corrected chi connectivity index (χ3v) is 6.03. The number of alkyl halides is 2. The van der Waals surface area contributed by atoms with E-state index >= 15 is 0 Å². The van der Waals surface area contributed by atoms with E-state index in [1.54, 1.807) is 0 Å². The molecule has 1 saturated heterocycles. The number of nitrogens with zero attached hydrogens (tertiary/aromatic N) is 3. The van der Waals surface area contributed by atoms with Crippen molar-refractivity contribution in [2.45, 2.75) is 37.9 Å². The summed E-state index contributed by atoms with van der Waals surface area (Å²) in [6, 6.07) is 8.05. The Labute approximate surface area is 179 Å². The minimum Gasteiger partial charge on any atom is -0.379 e. The first-order valence-electron chi connectivity index (χ1n) is 10.0. The first-order valence-corrected chi connectivity index (χ1v) is 10.0. The Hall–Kier alpha value is -2.29. The fourth-order valence-corrected chi connectivity index (χ4v) is 4.48. The third-order valence-electron chi connectivity index (χ3n) is 6.03. The fourth-order valence-electron chi connectivity index (χ4n) is 4.48. The van der Waals surface area contributed by atoms with Crippen LogP contribution >= 0.6 is 12.4 Å². The van der Waals surface area contributed by atoms with E-state index in [1.807, 2.05) is 48.5 Å². The van der Waals surface area contributed by atoms with Crippen LogP contribution in [0, 0.1) is 0 Å². The van der Waals surface area contributed by atoms with Gasteiger partial charge in [0.05, 0.1) is 47.9 Å². The van der Waals surface area contributed by atoms with Crippen molar-refractivity contribution in [1.29, 1.82) is 0 Å². The molecule has 0 saturated carbocycles. The number of rotatable bonds is 5. The van der Waals surface area contributed by atoms with Crippen molar-refractivity contribution in [2.24, 2.45) is 0 Å². The third kappa shape index (κ3) is 3.75. The number of H-pyrrole nitrogens is 1. The van der Waals surface area contributed by atoms with Gasteiger partial charge in [0.1, 0.15) is 0 Å². The number of nitrogens with one attached hydrogen (secondary N) is 3. The molecule has 2 aliphatic rings. The molecule has 2 aromatic heterocycles. The normalized spacial score (nSPS) is 21.9. The van der Waals surface area contributed by atoms with Crippen LogP contribution in [-0.4, -0.2) is 58.2 Å². The molecular formula is C21H25ClF2N6. The molecule has 0 aliphatic carbocycles. The van der Waals surface area contributed by atoms with Gasteiger partial charge in [-0.15, -0.1) is 12.4 Å². The molecule has 2 atom stereocenters. The SMILES string of the molecule is C[C@@H]1Cc2c(ccc3[nH]ncc23)[C@@H](c2ccc(NC3CNC3)cn2)N1CC(F)F.Cl. The molecule has 0 amide bonds. The number of hydrogen-bond acceptors (Lipinski definition) is 5. The average Bonchev–Trinajstić information content (AvgIpc) is 3.15. The van der Waals surface area contributed by atoms with E-state index in [0.717, 1.165) is 40.9 Å².